The van der Waals surface area contributed by atoms with Crippen molar-refractivity contribution in [3.8, 4) is 0 Å². The van der Waals surface area contributed by atoms with E-state index in [2.05, 4.69) is 17.2 Å². The van der Waals surface area contributed by atoms with Crippen molar-refractivity contribution in [2.75, 3.05) is 6.61 Å². The molecule has 0 aliphatic carbocycles. The summed E-state index contributed by atoms with van der Waals surface area (Å²) in [7, 11) is 0. The number of aryl methyl sites for hydroxylation is 1. The first-order valence-corrected chi connectivity index (χ1v) is 6.92. The van der Waals surface area contributed by atoms with Gasteiger partial charge in [-0.25, -0.2) is 4.98 Å². The Morgan fingerprint density at radius 3 is 2.61 bits per heavy atom. The minimum Gasteiger partial charge on any atom is -0.394 e. The minimum absolute atomic E-state index is 0.0392. The third kappa shape index (κ3) is 2.96. The van der Waals surface area contributed by atoms with Gasteiger partial charge in [-0.2, -0.15) is 0 Å². The van der Waals surface area contributed by atoms with Crippen LogP contribution in [0.25, 0.3) is 0 Å². The Balaban J connectivity index is 2.10. The van der Waals surface area contributed by atoms with Crippen molar-refractivity contribution < 1.29 is 5.11 Å². The zero-order valence-electron chi connectivity index (χ0n) is 10.6. The van der Waals surface area contributed by atoms with Crippen molar-refractivity contribution in [1.29, 1.82) is 0 Å². The molecular formula is C14H18N2OS. The summed E-state index contributed by atoms with van der Waals surface area (Å²) in [6.45, 7) is 4.21. The van der Waals surface area contributed by atoms with Crippen LogP contribution in [-0.4, -0.2) is 16.7 Å². The second-order valence-corrected chi connectivity index (χ2v) is 5.22. The Morgan fingerprint density at radius 2 is 2.06 bits per heavy atom. The highest BCUT2D eigenvalue weighted by Gasteiger charge is 2.16. The number of aliphatic hydroxyl groups is 1. The molecule has 1 unspecified atom stereocenters. The molecule has 1 heterocycles. The van der Waals surface area contributed by atoms with E-state index in [-0.39, 0.29) is 18.7 Å². The summed E-state index contributed by atoms with van der Waals surface area (Å²) < 4.78 is 0. The fourth-order valence-electron chi connectivity index (χ4n) is 2.04. The lowest BCUT2D eigenvalue weighted by Gasteiger charge is -2.21. The van der Waals surface area contributed by atoms with E-state index in [0.717, 1.165) is 11.3 Å². The average Bonchev–Trinajstić information content (AvgIpc) is 2.83. The van der Waals surface area contributed by atoms with Crippen LogP contribution in [0.3, 0.4) is 0 Å². The maximum Gasteiger partial charge on any atom is 0.0798 e. The quantitative estimate of drug-likeness (QED) is 0.871. The number of nitrogens with one attached hydrogen (secondary N) is 1. The lowest BCUT2D eigenvalue weighted by molar-refractivity contribution is 0.236. The molecule has 0 saturated heterocycles. The van der Waals surface area contributed by atoms with Gasteiger partial charge in [-0.05, 0) is 19.4 Å². The molecule has 0 radical (unpaired) electrons. The highest BCUT2D eigenvalue weighted by molar-refractivity contribution is 7.09. The molecule has 96 valence electrons. The standard InChI is InChI=1S/C14H18N2OS/c1-10-14(18-9-15-10)11(2)16-13(8-17)12-6-4-3-5-7-12/h3-7,9,11,13,16-17H,8H2,1-2H3/t11?,13-/m1/s1. The maximum atomic E-state index is 9.52. The topological polar surface area (TPSA) is 45.2 Å². The predicted octanol–water partition coefficient (Wildman–Crippen LogP) is 2.84. The summed E-state index contributed by atoms with van der Waals surface area (Å²) in [6, 6.07) is 10.2. The van der Waals surface area contributed by atoms with Gasteiger partial charge in [0.05, 0.1) is 23.9 Å². The average molecular weight is 262 g/mol. The van der Waals surface area contributed by atoms with Gasteiger partial charge in [0.2, 0.25) is 0 Å². The summed E-state index contributed by atoms with van der Waals surface area (Å²) in [5, 5.41) is 13.0. The van der Waals surface area contributed by atoms with Gasteiger partial charge in [0.25, 0.3) is 0 Å². The molecule has 1 aromatic carbocycles. The Bertz CT molecular complexity index is 484. The minimum atomic E-state index is -0.0392. The van der Waals surface area contributed by atoms with Crippen LogP contribution < -0.4 is 5.32 Å². The maximum absolute atomic E-state index is 9.52. The molecule has 2 aromatic rings. The molecule has 0 bridgehead atoms. The number of benzene rings is 1. The third-order valence-corrected chi connectivity index (χ3v) is 4.13. The first kappa shape index (κ1) is 13.2. The van der Waals surface area contributed by atoms with Gasteiger partial charge >= 0.3 is 0 Å². The van der Waals surface area contributed by atoms with Crippen LogP contribution in [0.4, 0.5) is 0 Å². The number of aromatic nitrogens is 1. The van der Waals surface area contributed by atoms with E-state index in [1.165, 1.54) is 4.88 Å². The van der Waals surface area contributed by atoms with Gasteiger partial charge in [-0.15, -0.1) is 11.3 Å². The highest BCUT2D eigenvalue weighted by Crippen LogP contribution is 2.24. The zero-order chi connectivity index (χ0) is 13.0. The highest BCUT2D eigenvalue weighted by atomic mass is 32.1. The second-order valence-electron chi connectivity index (χ2n) is 4.34. The summed E-state index contributed by atoms with van der Waals surface area (Å²) in [5.74, 6) is 0. The number of nitrogens with zero attached hydrogens (tertiary/aromatic N) is 1. The lowest BCUT2D eigenvalue weighted by atomic mass is 10.1. The van der Waals surface area contributed by atoms with Crippen molar-refractivity contribution >= 4 is 11.3 Å². The van der Waals surface area contributed by atoms with Crippen molar-refractivity contribution in [3.63, 3.8) is 0 Å². The van der Waals surface area contributed by atoms with Crippen LogP contribution >= 0.6 is 11.3 Å². The SMILES string of the molecule is Cc1ncsc1C(C)N[C@H](CO)c1ccccc1. The summed E-state index contributed by atoms with van der Waals surface area (Å²) >= 11 is 1.65. The number of hydrogen-bond donors (Lipinski definition) is 2. The van der Waals surface area contributed by atoms with Crippen molar-refractivity contribution in [2.24, 2.45) is 0 Å². The fraction of sp³-hybridized carbons (Fsp3) is 0.357. The molecule has 3 nitrogen and oxygen atoms in total. The molecule has 18 heavy (non-hydrogen) atoms. The normalized spacial score (nSPS) is 14.4. The van der Waals surface area contributed by atoms with Gasteiger partial charge in [0.1, 0.15) is 0 Å². The number of aliphatic hydroxyl groups excluding tert-OH is 1. The monoisotopic (exact) mass is 262 g/mol. The number of rotatable bonds is 5. The molecule has 1 aromatic heterocycles. The third-order valence-electron chi connectivity index (χ3n) is 3.01. The van der Waals surface area contributed by atoms with E-state index in [1.807, 2.05) is 42.8 Å². The summed E-state index contributed by atoms with van der Waals surface area (Å²) in [4.78, 5) is 5.49. The fourth-order valence-corrected chi connectivity index (χ4v) is 2.86. The van der Waals surface area contributed by atoms with Crippen molar-refractivity contribution in [1.82, 2.24) is 10.3 Å². The Morgan fingerprint density at radius 1 is 1.33 bits per heavy atom. The first-order chi connectivity index (χ1) is 8.72. The van der Waals surface area contributed by atoms with Crippen LogP contribution in [0.15, 0.2) is 35.8 Å². The smallest absolute Gasteiger partial charge is 0.0798 e. The van der Waals surface area contributed by atoms with E-state index in [0.29, 0.717) is 0 Å². The Labute approximate surface area is 112 Å². The Hall–Kier alpha value is -1.23. The molecule has 0 aliphatic heterocycles. The van der Waals surface area contributed by atoms with Crippen molar-refractivity contribution in [3.05, 3.63) is 52.0 Å². The van der Waals surface area contributed by atoms with Crippen LogP contribution in [0.5, 0.6) is 0 Å². The lowest BCUT2D eigenvalue weighted by Crippen LogP contribution is -2.27. The van der Waals surface area contributed by atoms with E-state index in [9.17, 15) is 5.11 Å². The summed E-state index contributed by atoms with van der Waals surface area (Å²) in [6.07, 6.45) is 0. The van der Waals surface area contributed by atoms with Crippen LogP contribution in [-0.2, 0) is 0 Å². The van der Waals surface area contributed by atoms with Crippen LogP contribution in [0.2, 0.25) is 0 Å². The van der Waals surface area contributed by atoms with Crippen molar-refractivity contribution in [2.45, 2.75) is 25.9 Å². The van der Waals surface area contributed by atoms with Gasteiger partial charge in [0, 0.05) is 10.9 Å². The second kappa shape index (κ2) is 6.09. The number of hydrogen-bond acceptors (Lipinski definition) is 4. The molecule has 2 N–H and O–H groups in total. The van der Waals surface area contributed by atoms with Crippen LogP contribution in [0.1, 0.15) is 35.1 Å². The zero-order valence-corrected chi connectivity index (χ0v) is 11.4. The summed E-state index contributed by atoms with van der Waals surface area (Å²) in [5.41, 5.74) is 4.03. The van der Waals surface area contributed by atoms with Gasteiger partial charge in [-0.1, -0.05) is 30.3 Å². The molecule has 2 atom stereocenters. The molecular weight excluding hydrogens is 244 g/mol. The molecule has 0 spiro atoms. The largest absolute Gasteiger partial charge is 0.394 e. The van der Waals surface area contributed by atoms with E-state index in [1.54, 1.807) is 11.3 Å². The molecule has 0 amide bonds. The predicted molar refractivity (Wildman–Crippen MR) is 74.7 cm³/mol. The Kier molecular flexibility index (Phi) is 4.47. The molecule has 2 rings (SSSR count). The molecule has 0 saturated carbocycles. The number of thiazole rings is 1. The molecule has 0 fully saturated rings. The van der Waals surface area contributed by atoms with Gasteiger partial charge in [-0.3, -0.25) is 0 Å². The van der Waals surface area contributed by atoms with Crippen LogP contribution in [0, 0.1) is 6.92 Å². The molecule has 4 heteroatoms. The van der Waals surface area contributed by atoms with Gasteiger partial charge in [0.15, 0.2) is 0 Å². The van der Waals surface area contributed by atoms with E-state index < -0.39 is 0 Å². The van der Waals surface area contributed by atoms with E-state index in [4.69, 9.17) is 0 Å². The van der Waals surface area contributed by atoms with E-state index >= 15 is 0 Å². The van der Waals surface area contributed by atoms with Gasteiger partial charge < -0.3 is 10.4 Å². The molecule has 0 aliphatic rings. The first-order valence-electron chi connectivity index (χ1n) is 6.04.